The largest absolute Gasteiger partial charge is 0.471 e. The third-order valence-corrected chi connectivity index (χ3v) is 6.81. The molecule has 0 aliphatic carbocycles. The Kier molecular flexibility index (Phi) is 8.67. The Bertz CT molecular complexity index is 1220. The van der Waals surface area contributed by atoms with E-state index >= 15 is 4.39 Å². The van der Waals surface area contributed by atoms with Gasteiger partial charge in [0.2, 0.25) is 11.8 Å². The number of aromatic nitrogens is 2. The van der Waals surface area contributed by atoms with Crippen LogP contribution < -0.4 is 21.1 Å². The van der Waals surface area contributed by atoms with E-state index < -0.39 is 27.5 Å². The average molecular weight is 547 g/mol. The normalized spacial score (nSPS) is 22.3. The van der Waals surface area contributed by atoms with Crippen LogP contribution in [0.1, 0.15) is 64.0 Å². The Hall–Kier alpha value is -3.25. The number of carbonyl (C=O) groups is 2. The first-order valence-corrected chi connectivity index (χ1v) is 12.9. The summed E-state index contributed by atoms with van der Waals surface area (Å²) in [6, 6.07) is 4.18. The molecule has 1 aromatic heterocycles. The second kappa shape index (κ2) is 11.2. The second-order valence-electron chi connectivity index (χ2n) is 10.7. The lowest BCUT2D eigenvalue weighted by Gasteiger charge is -2.41. The molecule has 4 N–H and O–H groups in total. The molecule has 3 rings (SSSR count). The Morgan fingerprint density at radius 2 is 1.95 bits per heavy atom. The molecule has 2 amide bonds. The zero-order chi connectivity index (χ0) is 28.3. The van der Waals surface area contributed by atoms with Gasteiger partial charge in [-0.1, -0.05) is 11.8 Å². The highest BCUT2D eigenvalue weighted by atomic mass is 32.2. The number of ether oxygens (including phenoxy) is 2. The molecule has 1 aliphatic heterocycles. The molecule has 0 saturated heterocycles. The number of thioether (sulfide) groups is 1. The summed E-state index contributed by atoms with van der Waals surface area (Å²) in [6.45, 7) is 11.3. The number of nitrogens with two attached hydrogens (primary N) is 1. The molecule has 0 spiro atoms. The second-order valence-corrected chi connectivity index (χ2v) is 12.2. The van der Waals surface area contributed by atoms with E-state index in [2.05, 4.69) is 25.6 Å². The number of anilines is 1. The number of nitrogens with zero attached hydrogens (tertiary/aromatic N) is 3. The zero-order valence-electron chi connectivity index (χ0n) is 22.7. The summed E-state index contributed by atoms with van der Waals surface area (Å²) in [7, 11) is 1.57. The first kappa shape index (κ1) is 29.3. The van der Waals surface area contributed by atoms with Crippen molar-refractivity contribution >= 4 is 34.4 Å². The summed E-state index contributed by atoms with van der Waals surface area (Å²) in [6.07, 6.45) is 2.59. The number of carbonyl (C=O) groups excluding carboxylic acids is 2. The van der Waals surface area contributed by atoms with Crippen LogP contribution in [0.15, 0.2) is 35.6 Å². The predicted molar refractivity (Wildman–Crippen MR) is 146 cm³/mol. The fourth-order valence-electron chi connectivity index (χ4n) is 4.16. The van der Waals surface area contributed by atoms with Crippen LogP contribution in [0.25, 0.3) is 0 Å². The molecular formula is C26H35FN6O4S. The van der Waals surface area contributed by atoms with E-state index in [9.17, 15) is 9.59 Å². The van der Waals surface area contributed by atoms with Gasteiger partial charge in [0.05, 0.1) is 24.5 Å². The first-order chi connectivity index (χ1) is 17.6. The maximum Gasteiger partial charge on any atom is 0.275 e. The first-order valence-electron chi connectivity index (χ1n) is 12.1. The molecule has 2 heterocycles. The summed E-state index contributed by atoms with van der Waals surface area (Å²) in [5, 5.41) is 5.87. The number of amidine groups is 1. The molecule has 0 unspecified atom stereocenters. The molecule has 0 bridgehead atoms. The van der Waals surface area contributed by atoms with Gasteiger partial charge in [-0.3, -0.25) is 14.6 Å². The van der Waals surface area contributed by atoms with Crippen molar-refractivity contribution in [3.8, 4) is 5.88 Å². The van der Waals surface area contributed by atoms with E-state index in [-0.39, 0.29) is 40.7 Å². The SMILES string of the molecule is COC[C@H](C)Oc1cnc(C(=O)Nc2ccc(F)c([C@]3(C)C[C@](C)(C(=O)NC(C)(C)C)SC(N)=N3)c2)cn1. The van der Waals surface area contributed by atoms with Crippen LogP contribution in [0.3, 0.4) is 0 Å². The molecule has 2 aromatic rings. The van der Waals surface area contributed by atoms with Crippen molar-refractivity contribution in [3.05, 3.63) is 47.7 Å². The minimum absolute atomic E-state index is 0.0524. The van der Waals surface area contributed by atoms with Gasteiger partial charge < -0.3 is 25.8 Å². The highest BCUT2D eigenvalue weighted by Crippen LogP contribution is 2.46. The van der Waals surface area contributed by atoms with Gasteiger partial charge in [-0.2, -0.15) is 0 Å². The highest BCUT2D eigenvalue weighted by molar-refractivity contribution is 8.15. The summed E-state index contributed by atoms with van der Waals surface area (Å²) in [5.41, 5.74) is 5.12. The van der Waals surface area contributed by atoms with Crippen LogP contribution in [-0.4, -0.2) is 57.1 Å². The molecule has 206 valence electrons. The number of amides is 2. The fraction of sp³-hybridized carbons (Fsp3) is 0.500. The summed E-state index contributed by atoms with van der Waals surface area (Å²) in [4.78, 5) is 38.7. The van der Waals surface area contributed by atoms with Crippen molar-refractivity contribution in [2.24, 2.45) is 10.7 Å². The molecule has 38 heavy (non-hydrogen) atoms. The van der Waals surface area contributed by atoms with Crippen LogP contribution in [0.5, 0.6) is 5.88 Å². The summed E-state index contributed by atoms with van der Waals surface area (Å²) >= 11 is 1.15. The molecule has 12 heteroatoms. The van der Waals surface area contributed by atoms with Crippen molar-refractivity contribution in [2.45, 2.75) is 69.9 Å². The van der Waals surface area contributed by atoms with Gasteiger partial charge in [0.15, 0.2) is 5.17 Å². The smallest absolute Gasteiger partial charge is 0.275 e. The van der Waals surface area contributed by atoms with Crippen molar-refractivity contribution in [1.29, 1.82) is 0 Å². The van der Waals surface area contributed by atoms with Gasteiger partial charge in [-0.15, -0.1) is 0 Å². The number of benzene rings is 1. The minimum atomic E-state index is -1.15. The maximum atomic E-state index is 15.1. The van der Waals surface area contributed by atoms with E-state index in [1.807, 2.05) is 27.7 Å². The van der Waals surface area contributed by atoms with Gasteiger partial charge in [-0.25, -0.2) is 14.4 Å². The van der Waals surface area contributed by atoms with Gasteiger partial charge in [0, 0.05) is 30.3 Å². The standard InChI is InChI=1S/C26H35FN6O4S/c1-15(13-36-7)37-20-12-29-19(11-30-20)21(34)31-16-8-9-18(27)17(10-16)25(5)14-26(6,38-23(28)33-25)22(35)32-24(2,3)4/h8-12,15H,13-14H2,1-7H3,(H2,28,33)(H,31,34)(H,32,35)/t15-,25-,26+/m0/s1. The highest BCUT2D eigenvalue weighted by Gasteiger charge is 2.48. The van der Waals surface area contributed by atoms with Crippen molar-refractivity contribution < 1.29 is 23.5 Å². The van der Waals surface area contributed by atoms with Crippen molar-refractivity contribution in [3.63, 3.8) is 0 Å². The van der Waals surface area contributed by atoms with Crippen LogP contribution in [-0.2, 0) is 15.1 Å². The number of methoxy groups -OCH3 is 1. The average Bonchev–Trinajstić information content (AvgIpc) is 2.79. The maximum absolute atomic E-state index is 15.1. The van der Waals surface area contributed by atoms with Gasteiger partial charge >= 0.3 is 0 Å². The molecule has 3 atom stereocenters. The molecule has 0 radical (unpaired) electrons. The van der Waals surface area contributed by atoms with Gasteiger partial charge in [0.25, 0.3) is 5.91 Å². The Labute approximate surface area is 226 Å². The molecule has 1 aliphatic rings. The fourth-order valence-corrected chi connectivity index (χ4v) is 5.37. The number of halogens is 1. The zero-order valence-corrected chi connectivity index (χ0v) is 23.5. The van der Waals surface area contributed by atoms with E-state index in [4.69, 9.17) is 15.2 Å². The Balaban J connectivity index is 1.82. The molecular weight excluding hydrogens is 511 g/mol. The lowest BCUT2D eigenvalue weighted by molar-refractivity contribution is -0.125. The van der Waals surface area contributed by atoms with Gasteiger partial charge in [-0.05, 0) is 59.7 Å². The Morgan fingerprint density at radius 1 is 1.24 bits per heavy atom. The number of rotatable bonds is 8. The minimum Gasteiger partial charge on any atom is -0.471 e. The Morgan fingerprint density at radius 3 is 2.55 bits per heavy atom. The number of hydrogen-bond acceptors (Lipinski definition) is 9. The van der Waals surface area contributed by atoms with E-state index in [0.717, 1.165) is 11.8 Å². The summed E-state index contributed by atoms with van der Waals surface area (Å²) in [5.74, 6) is -1.02. The third kappa shape index (κ3) is 7.19. The molecule has 10 nitrogen and oxygen atoms in total. The molecule has 1 aromatic carbocycles. The van der Waals surface area contributed by atoms with E-state index in [0.29, 0.717) is 12.3 Å². The molecule has 0 fully saturated rings. The molecule has 0 saturated carbocycles. The van der Waals surface area contributed by atoms with Crippen molar-refractivity contribution in [2.75, 3.05) is 19.0 Å². The number of aliphatic imine (C=N–C) groups is 1. The van der Waals surface area contributed by atoms with E-state index in [1.54, 1.807) is 21.0 Å². The quantitative estimate of drug-likeness (QED) is 0.456. The van der Waals surface area contributed by atoms with Crippen LogP contribution >= 0.6 is 11.8 Å². The summed E-state index contributed by atoms with van der Waals surface area (Å²) < 4.78 is 24.7. The lowest BCUT2D eigenvalue weighted by atomic mass is 9.82. The monoisotopic (exact) mass is 546 g/mol. The van der Waals surface area contributed by atoms with Crippen LogP contribution in [0.4, 0.5) is 10.1 Å². The number of hydrogen-bond donors (Lipinski definition) is 3. The van der Waals surface area contributed by atoms with Gasteiger partial charge in [0.1, 0.15) is 22.4 Å². The topological polar surface area (TPSA) is 141 Å². The third-order valence-electron chi connectivity index (χ3n) is 5.73. The van der Waals surface area contributed by atoms with Crippen LogP contribution in [0.2, 0.25) is 0 Å². The van der Waals surface area contributed by atoms with Crippen molar-refractivity contribution in [1.82, 2.24) is 15.3 Å². The number of nitrogens with one attached hydrogen (secondary N) is 2. The lowest BCUT2D eigenvalue weighted by Crippen LogP contribution is -2.54. The van der Waals surface area contributed by atoms with E-state index in [1.165, 1.54) is 30.6 Å². The predicted octanol–water partition coefficient (Wildman–Crippen LogP) is 3.62. The van der Waals surface area contributed by atoms with Crippen LogP contribution in [0, 0.1) is 5.82 Å².